The number of para-hydroxylation sites is 1. The number of aryl methyl sites for hydroxylation is 1. The quantitative estimate of drug-likeness (QED) is 0.830. The lowest BCUT2D eigenvalue weighted by molar-refractivity contribution is -0.131. The van der Waals surface area contributed by atoms with Gasteiger partial charge in [-0.1, -0.05) is 18.2 Å². The minimum absolute atomic E-state index is 0.480. The molecule has 0 unspecified atom stereocenters. The van der Waals surface area contributed by atoms with Crippen LogP contribution in [-0.4, -0.2) is 26.8 Å². The summed E-state index contributed by atoms with van der Waals surface area (Å²) in [5.74, 6) is -1.22. The largest absolute Gasteiger partial charge is 0.478 e. The zero-order valence-corrected chi connectivity index (χ0v) is 10.8. The van der Waals surface area contributed by atoms with Gasteiger partial charge in [0.2, 0.25) is 5.91 Å². The van der Waals surface area contributed by atoms with Crippen LogP contribution < -0.4 is 5.32 Å². The van der Waals surface area contributed by atoms with Crippen molar-refractivity contribution in [1.82, 2.24) is 9.78 Å². The van der Waals surface area contributed by atoms with Crippen LogP contribution in [-0.2, 0) is 9.59 Å². The zero-order chi connectivity index (χ0) is 14.5. The van der Waals surface area contributed by atoms with Gasteiger partial charge in [-0.2, -0.15) is 5.10 Å². The molecular weight excluding hydrogens is 258 g/mol. The molecule has 1 heterocycles. The second kappa shape index (κ2) is 5.83. The summed E-state index contributed by atoms with van der Waals surface area (Å²) in [5, 5.41) is 15.4. The average Bonchev–Trinajstić information content (AvgIpc) is 2.78. The Hall–Kier alpha value is -2.89. The van der Waals surface area contributed by atoms with E-state index in [0.29, 0.717) is 5.82 Å². The highest BCUT2D eigenvalue weighted by molar-refractivity contribution is 6.02. The molecule has 1 aromatic heterocycles. The summed E-state index contributed by atoms with van der Waals surface area (Å²) in [4.78, 5) is 22.0. The highest BCUT2D eigenvalue weighted by Crippen LogP contribution is 2.16. The summed E-state index contributed by atoms with van der Waals surface area (Å²) in [5.41, 5.74) is 1.55. The Labute approximate surface area is 115 Å². The van der Waals surface area contributed by atoms with Gasteiger partial charge in [0, 0.05) is 18.2 Å². The zero-order valence-electron chi connectivity index (χ0n) is 10.8. The maximum Gasteiger partial charge on any atom is 0.328 e. The summed E-state index contributed by atoms with van der Waals surface area (Å²) in [6.45, 7) is 1.81. The molecule has 6 nitrogen and oxygen atoms in total. The Balaban J connectivity index is 2.25. The fourth-order valence-corrected chi connectivity index (χ4v) is 1.67. The predicted octanol–water partition coefficient (Wildman–Crippen LogP) is 1.76. The van der Waals surface area contributed by atoms with Gasteiger partial charge in [-0.05, 0) is 19.1 Å². The maximum absolute atomic E-state index is 11.6. The molecule has 0 aliphatic heterocycles. The van der Waals surface area contributed by atoms with E-state index in [1.807, 2.05) is 37.3 Å². The van der Waals surface area contributed by atoms with Gasteiger partial charge in [0.1, 0.15) is 5.82 Å². The molecule has 0 saturated carbocycles. The van der Waals surface area contributed by atoms with E-state index in [1.165, 1.54) is 0 Å². The number of carbonyl (C=O) groups excluding carboxylic acids is 1. The molecule has 1 aromatic carbocycles. The van der Waals surface area contributed by atoms with E-state index in [1.54, 1.807) is 10.7 Å². The van der Waals surface area contributed by atoms with Gasteiger partial charge >= 0.3 is 5.97 Å². The third kappa shape index (κ3) is 3.32. The lowest BCUT2D eigenvalue weighted by Crippen LogP contribution is -2.12. The van der Waals surface area contributed by atoms with E-state index >= 15 is 0 Å². The Kier molecular flexibility index (Phi) is 3.95. The lowest BCUT2D eigenvalue weighted by atomic mass is 10.3. The number of aromatic nitrogens is 2. The van der Waals surface area contributed by atoms with Crippen molar-refractivity contribution in [2.75, 3.05) is 5.32 Å². The van der Waals surface area contributed by atoms with E-state index < -0.39 is 11.9 Å². The number of aliphatic carboxylic acids is 1. The number of hydrogen-bond acceptors (Lipinski definition) is 3. The molecule has 6 heteroatoms. The fourth-order valence-electron chi connectivity index (χ4n) is 1.67. The second-order valence-corrected chi connectivity index (χ2v) is 4.08. The first-order chi connectivity index (χ1) is 9.56. The van der Waals surface area contributed by atoms with E-state index in [-0.39, 0.29) is 0 Å². The van der Waals surface area contributed by atoms with Crippen molar-refractivity contribution >= 4 is 17.7 Å². The van der Waals surface area contributed by atoms with Crippen molar-refractivity contribution in [3.8, 4) is 5.69 Å². The van der Waals surface area contributed by atoms with Gasteiger partial charge in [-0.25, -0.2) is 9.48 Å². The molecule has 0 aliphatic rings. The van der Waals surface area contributed by atoms with Crippen LogP contribution in [0.25, 0.3) is 5.69 Å². The molecule has 20 heavy (non-hydrogen) atoms. The molecule has 0 bridgehead atoms. The number of amides is 1. The van der Waals surface area contributed by atoms with Crippen LogP contribution in [0.3, 0.4) is 0 Å². The van der Waals surface area contributed by atoms with Crippen LogP contribution in [0.1, 0.15) is 5.69 Å². The molecule has 102 valence electrons. The number of anilines is 1. The summed E-state index contributed by atoms with van der Waals surface area (Å²) < 4.78 is 1.59. The third-order valence-corrected chi connectivity index (χ3v) is 2.46. The predicted molar refractivity (Wildman–Crippen MR) is 73.7 cm³/mol. The maximum atomic E-state index is 11.6. The Morgan fingerprint density at radius 1 is 1.25 bits per heavy atom. The average molecular weight is 271 g/mol. The molecule has 0 saturated heterocycles. The summed E-state index contributed by atoms with van der Waals surface area (Å²) in [7, 11) is 0. The number of benzene rings is 1. The van der Waals surface area contributed by atoms with Crippen LogP contribution in [0, 0.1) is 6.92 Å². The van der Waals surface area contributed by atoms with Crippen molar-refractivity contribution in [2.45, 2.75) is 6.92 Å². The van der Waals surface area contributed by atoms with Crippen molar-refractivity contribution in [1.29, 1.82) is 0 Å². The fraction of sp³-hybridized carbons (Fsp3) is 0.0714. The van der Waals surface area contributed by atoms with Crippen molar-refractivity contribution in [2.24, 2.45) is 0 Å². The number of carboxylic acid groups (broad SMARTS) is 1. The number of carboxylic acids is 1. The van der Waals surface area contributed by atoms with Gasteiger partial charge in [-0.3, -0.25) is 4.79 Å². The number of rotatable bonds is 4. The van der Waals surface area contributed by atoms with Crippen LogP contribution in [0.5, 0.6) is 0 Å². The standard InChI is InChI=1S/C14H13N3O3/c1-10-9-12(15-13(18)7-8-14(19)20)17(16-10)11-5-3-2-4-6-11/h2-9H,1H3,(H,15,18)(H,19,20)/b8-7+. The van der Waals surface area contributed by atoms with Crippen LogP contribution in [0.4, 0.5) is 5.82 Å². The first-order valence-electron chi connectivity index (χ1n) is 5.90. The Morgan fingerprint density at radius 2 is 1.95 bits per heavy atom. The molecular formula is C14H13N3O3. The smallest absolute Gasteiger partial charge is 0.328 e. The first-order valence-corrected chi connectivity index (χ1v) is 5.90. The Bertz CT molecular complexity index is 660. The van der Waals surface area contributed by atoms with E-state index in [2.05, 4.69) is 10.4 Å². The molecule has 0 spiro atoms. The summed E-state index contributed by atoms with van der Waals surface area (Å²) in [6.07, 6.45) is 1.74. The van der Waals surface area contributed by atoms with Crippen molar-refractivity contribution in [3.63, 3.8) is 0 Å². The lowest BCUT2D eigenvalue weighted by Gasteiger charge is -2.07. The SMILES string of the molecule is Cc1cc(NC(=O)/C=C/C(=O)O)n(-c2ccccc2)n1. The normalized spacial score (nSPS) is 10.7. The van der Waals surface area contributed by atoms with Gasteiger partial charge in [-0.15, -0.1) is 0 Å². The molecule has 2 rings (SSSR count). The first kappa shape index (κ1) is 13.5. The number of carbonyl (C=O) groups is 2. The van der Waals surface area contributed by atoms with Crippen molar-refractivity contribution < 1.29 is 14.7 Å². The van der Waals surface area contributed by atoms with Gasteiger partial charge in [0.05, 0.1) is 11.4 Å². The summed E-state index contributed by atoms with van der Waals surface area (Å²) >= 11 is 0. The molecule has 0 aliphatic carbocycles. The topological polar surface area (TPSA) is 84.2 Å². The molecule has 0 fully saturated rings. The summed E-state index contributed by atoms with van der Waals surface area (Å²) in [6, 6.07) is 11.0. The molecule has 1 amide bonds. The van der Waals surface area contributed by atoms with Gasteiger partial charge < -0.3 is 10.4 Å². The number of nitrogens with zero attached hydrogens (tertiary/aromatic N) is 2. The van der Waals surface area contributed by atoms with Gasteiger partial charge in [0.15, 0.2) is 0 Å². The highest BCUT2D eigenvalue weighted by Gasteiger charge is 2.09. The van der Waals surface area contributed by atoms with E-state index in [9.17, 15) is 9.59 Å². The molecule has 2 N–H and O–H groups in total. The van der Waals surface area contributed by atoms with Crippen LogP contribution in [0.15, 0.2) is 48.6 Å². The number of nitrogens with one attached hydrogen (secondary N) is 1. The third-order valence-electron chi connectivity index (χ3n) is 2.46. The minimum Gasteiger partial charge on any atom is -0.478 e. The van der Waals surface area contributed by atoms with E-state index in [0.717, 1.165) is 23.5 Å². The van der Waals surface area contributed by atoms with Crippen molar-refractivity contribution in [3.05, 3.63) is 54.2 Å². The Morgan fingerprint density at radius 3 is 2.60 bits per heavy atom. The monoisotopic (exact) mass is 271 g/mol. The second-order valence-electron chi connectivity index (χ2n) is 4.08. The number of hydrogen-bond donors (Lipinski definition) is 2. The highest BCUT2D eigenvalue weighted by atomic mass is 16.4. The molecule has 0 radical (unpaired) electrons. The molecule has 0 atom stereocenters. The van der Waals surface area contributed by atoms with Crippen LogP contribution >= 0.6 is 0 Å². The van der Waals surface area contributed by atoms with Crippen LogP contribution in [0.2, 0.25) is 0 Å². The minimum atomic E-state index is -1.17. The van der Waals surface area contributed by atoms with E-state index in [4.69, 9.17) is 5.11 Å². The van der Waals surface area contributed by atoms with Gasteiger partial charge in [0.25, 0.3) is 0 Å². The molecule has 2 aromatic rings.